The molecule has 2 fully saturated rings. The number of ether oxygens (including phenoxy) is 1. The number of likely N-dealkylation sites (tertiary alicyclic amines) is 2. The van der Waals surface area contributed by atoms with Crippen LogP contribution in [-0.2, 0) is 0 Å². The molecule has 0 saturated carbocycles. The van der Waals surface area contributed by atoms with Crippen molar-refractivity contribution in [2.45, 2.75) is 25.1 Å². The van der Waals surface area contributed by atoms with Gasteiger partial charge >= 0.3 is 12.2 Å². The van der Waals surface area contributed by atoms with Crippen molar-refractivity contribution in [2.24, 2.45) is 5.92 Å². The zero-order chi connectivity index (χ0) is 18.0. The molecule has 1 aromatic carbocycles. The van der Waals surface area contributed by atoms with Crippen LogP contribution in [0.5, 0.6) is 5.75 Å². The van der Waals surface area contributed by atoms with Crippen LogP contribution in [0.25, 0.3) is 0 Å². The first-order chi connectivity index (χ1) is 11.8. The number of para-hydroxylation sites is 2. The van der Waals surface area contributed by atoms with Gasteiger partial charge in [0.25, 0.3) is 0 Å². The maximum Gasteiger partial charge on any atom is 0.422 e. The average Bonchev–Trinajstić information content (AvgIpc) is 2.96. The summed E-state index contributed by atoms with van der Waals surface area (Å²) in [5.74, 6) is 0.517. The van der Waals surface area contributed by atoms with Crippen LogP contribution in [0.4, 0.5) is 23.7 Å². The quantitative estimate of drug-likeness (QED) is 0.904. The third-order valence-electron chi connectivity index (χ3n) is 4.85. The van der Waals surface area contributed by atoms with Gasteiger partial charge in [-0.25, -0.2) is 4.79 Å². The average molecular weight is 357 g/mol. The number of alkyl halides is 3. The lowest BCUT2D eigenvalue weighted by Gasteiger charge is -2.36. The summed E-state index contributed by atoms with van der Waals surface area (Å²) >= 11 is 0. The third-order valence-corrected chi connectivity index (χ3v) is 4.85. The zero-order valence-electron chi connectivity index (χ0n) is 14.1. The summed E-state index contributed by atoms with van der Waals surface area (Å²) in [7, 11) is 2.03. The van der Waals surface area contributed by atoms with Crippen molar-refractivity contribution < 1.29 is 22.7 Å². The number of rotatable bonds is 3. The molecule has 5 nitrogen and oxygen atoms in total. The van der Waals surface area contributed by atoms with E-state index in [0.29, 0.717) is 12.5 Å². The van der Waals surface area contributed by atoms with E-state index in [4.69, 9.17) is 4.74 Å². The maximum atomic E-state index is 12.6. The molecule has 0 aliphatic carbocycles. The third kappa shape index (κ3) is 4.36. The molecule has 138 valence electrons. The first-order valence-corrected chi connectivity index (χ1v) is 8.38. The van der Waals surface area contributed by atoms with Crippen molar-refractivity contribution >= 4 is 11.7 Å². The van der Waals surface area contributed by atoms with E-state index in [1.807, 2.05) is 7.05 Å². The molecule has 2 unspecified atom stereocenters. The Morgan fingerprint density at radius 1 is 1.28 bits per heavy atom. The Hall–Kier alpha value is -1.96. The minimum atomic E-state index is -4.42. The Balaban J connectivity index is 1.67. The molecule has 2 saturated heterocycles. The number of likely N-dealkylation sites (N-methyl/N-ethyl adjacent to an activating group) is 1. The van der Waals surface area contributed by atoms with Crippen LogP contribution < -0.4 is 10.1 Å². The van der Waals surface area contributed by atoms with Crippen LogP contribution in [0.3, 0.4) is 0 Å². The Morgan fingerprint density at radius 3 is 2.76 bits per heavy atom. The summed E-state index contributed by atoms with van der Waals surface area (Å²) in [4.78, 5) is 16.6. The summed E-state index contributed by atoms with van der Waals surface area (Å²) in [6.45, 7) is 1.13. The van der Waals surface area contributed by atoms with Crippen molar-refractivity contribution in [3.8, 4) is 5.75 Å². The largest absolute Gasteiger partial charge is 0.482 e. The Kier molecular flexibility index (Phi) is 5.08. The molecule has 2 amide bonds. The van der Waals surface area contributed by atoms with E-state index in [9.17, 15) is 18.0 Å². The lowest BCUT2D eigenvalue weighted by molar-refractivity contribution is -0.153. The monoisotopic (exact) mass is 357 g/mol. The fourth-order valence-corrected chi connectivity index (χ4v) is 3.59. The van der Waals surface area contributed by atoms with Crippen molar-refractivity contribution in [3.05, 3.63) is 24.3 Å². The highest BCUT2D eigenvalue weighted by atomic mass is 19.4. The smallest absolute Gasteiger partial charge is 0.422 e. The summed E-state index contributed by atoms with van der Waals surface area (Å²) < 4.78 is 42.0. The van der Waals surface area contributed by atoms with Gasteiger partial charge in [0, 0.05) is 19.1 Å². The van der Waals surface area contributed by atoms with Gasteiger partial charge in [0.05, 0.1) is 5.69 Å². The van der Waals surface area contributed by atoms with Gasteiger partial charge < -0.3 is 19.9 Å². The minimum Gasteiger partial charge on any atom is -0.482 e. The predicted octanol–water partition coefficient (Wildman–Crippen LogP) is 3.19. The van der Waals surface area contributed by atoms with E-state index in [2.05, 4.69) is 10.2 Å². The fraction of sp³-hybridized carbons (Fsp3) is 0.588. The number of fused-ring (bicyclic) bond motifs is 1. The second kappa shape index (κ2) is 7.11. The molecule has 2 aliphatic heterocycles. The SMILES string of the molecule is CN1CCC2CCN(C(=O)Nc3ccccc3OCC(F)(F)F)C2C1. The van der Waals surface area contributed by atoms with Crippen molar-refractivity contribution in [1.82, 2.24) is 9.80 Å². The van der Waals surface area contributed by atoms with Gasteiger partial charge in [-0.1, -0.05) is 12.1 Å². The number of benzene rings is 1. The van der Waals surface area contributed by atoms with Crippen LogP contribution in [0.15, 0.2) is 24.3 Å². The number of anilines is 1. The Labute approximate surface area is 144 Å². The van der Waals surface area contributed by atoms with E-state index in [0.717, 1.165) is 25.9 Å². The number of carbonyl (C=O) groups is 1. The molecule has 1 N–H and O–H groups in total. The highest BCUT2D eigenvalue weighted by Crippen LogP contribution is 2.32. The number of nitrogens with zero attached hydrogens (tertiary/aromatic N) is 2. The topological polar surface area (TPSA) is 44.8 Å². The zero-order valence-corrected chi connectivity index (χ0v) is 14.1. The number of amides is 2. The molecule has 0 spiro atoms. The molecule has 2 atom stereocenters. The van der Waals surface area contributed by atoms with Crippen LogP contribution in [0.2, 0.25) is 0 Å². The number of piperidine rings is 1. The molecule has 0 bridgehead atoms. The van der Waals surface area contributed by atoms with Gasteiger partial charge in [-0.2, -0.15) is 13.2 Å². The first kappa shape index (κ1) is 17.8. The minimum absolute atomic E-state index is 0.0182. The predicted molar refractivity (Wildman–Crippen MR) is 87.7 cm³/mol. The highest BCUT2D eigenvalue weighted by Gasteiger charge is 2.40. The molecule has 0 radical (unpaired) electrons. The number of halogens is 3. The first-order valence-electron chi connectivity index (χ1n) is 8.38. The summed E-state index contributed by atoms with van der Waals surface area (Å²) in [6.07, 6.45) is -2.39. The lowest BCUT2D eigenvalue weighted by atomic mass is 9.92. The number of carbonyl (C=O) groups excluding carboxylic acids is 1. The molecule has 8 heteroatoms. The van der Waals surface area contributed by atoms with Crippen LogP contribution in [0.1, 0.15) is 12.8 Å². The van der Waals surface area contributed by atoms with Gasteiger partial charge in [0.2, 0.25) is 0 Å². The number of urea groups is 1. The maximum absolute atomic E-state index is 12.6. The van der Waals surface area contributed by atoms with E-state index < -0.39 is 12.8 Å². The molecule has 1 aromatic rings. The Morgan fingerprint density at radius 2 is 2.00 bits per heavy atom. The fourth-order valence-electron chi connectivity index (χ4n) is 3.59. The molecule has 0 aromatic heterocycles. The van der Waals surface area contributed by atoms with E-state index in [-0.39, 0.29) is 23.5 Å². The van der Waals surface area contributed by atoms with Gasteiger partial charge in [0.1, 0.15) is 5.75 Å². The summed E-state index contributed by atoms with van der Waals surface area (Å²) in [5, 5.41) is 2.71. The van der Waals surface area contributed by atoms with Gasteiger partial charge in [-0.05, 0) is 44.5 Å². The molecular weight excluding hydrogens is 335 g/mol. The van der Waals surface area contributed by atoms with Crippen molar-refractivity contribution in [1.29, 1.82) is 0 Å². The van der Waals surface area contributed by atoms with Crippen LogP contribution in [0, 0.1) is 5.92 Å². The molecular formula is C17H22F3N3O2. The van der Waals surface area contributed by atoms with Gasteiger partial charge in [0.15, 0.2) is 6.61 Å². The second-order valence-electron chi connectivity index (χ2n) is 6.69. The van der Waals surface area contributed by atoms with E-state index in [1.54, 1.807) is 23.1 Å². The molecule has 2 heterocycles. The second-order valence-corrected chi connectivity index (χ2v) is 6.69. The van der Waals surface area contributed by atoms with Gasteiger partial charge in [-0.3, -0.25) is 0 Å². The summed E-state index contributed by atoms with van der Waals surface area (Å²) in [6, 6.07) is 6.06. The van der Waals surface area contributed by atoms with E-state index in [1.165, 1.54) is 6.07 Å². The molecule has 3 rings (SSSR count). The van der Waals surface area contributed by atoms with Crippen LogP contribution >= 0.6 is 0 Å². The number of hydrogen-bond donors (Lipinski definition) is 1. The van der Waals surface area contributed by atoms with Crippen molar-refractivity contribution in [2.75, 3.05) is 38.6 Å². The summed E-state index contributed by atoms with van der Waals surface area (Å²) in [5.41, 5.74) is 0.254. The van der Waals surface area contributed by atoms with E-state index >= 15 is 0 Å². The number of hydrogen-bond acceptors (Lipinski definition) is 3. The lowest BCUT2D eigenvalue weighted by Crippen LogP contribution is -2.49. The van der Waals surface area contributed by atoms with Crippen LogP contribution in [-0.4, -0.2) is 61.3 Å². The normalized spacial score (nSPS) is 24.1. The van der Waals surface area contributed by atoms with Crippen molar-refractivity contribution in [3.63, 3.8) is 0 Å². The highest BCUT2D eigenvalue weighted by molar-refractivity contribution is 5.91. The van der Waals surface area contributed by atoms with Gasteiger partial charge in [-0.15, -0.1) is 0 Å². The Bertz CT molecular complexity index is 623. The molecule has 25 heavy (non-hydrogen) atoms. The number of nitrogens with one attached hydrogen (secondary N) is 1. The molecule has 2 aliphatic rings. The standard InChI is InChI=1S/C17H22F3N3O2/c1-22-8-6-12-7-9-23(14(12)10-22)16(24)21-13-4-2-3-5-15(13)25-11-17(18,19)20/h2-5,12,14H,6-11H2,1H3,(H,21,24).